The summed E-state index contributed by atoms with van der Waals surface area (Å²) in [5.74, 6) is 2.02. The standard InChI is InChI=1S/C17H19N3O4/c1-10-4-5-13(23-10)8-18-14(21)6-7-20-9-19-16-15(17(20)22)11(2)12(3)24-16/h4-5,9H,6-8H2,1-3H3,(H,18,21). The van der Waals surface area contributed by atoms with Crippen LogP contribution in [0.3, 0.4) is 0 Å². The van der Waals surface area contributed by atoms with Gasteiger partial charge in [0, 0.05) is 18.5 Å². The molecule has 0 aliphatic heterocycles. The van der Waals surface area contributed by atoms with Gasteiger partial charge in [-0.2, -0.15) is 0 Å². The summed E-state index contributed by atoms with van der Waals surface area (Å²) < 4.78 is 12.3. The Hall–Kier alpha value is -2.83. The first-order valence-electron chi connectivity index (χ1n) is 7.73. The predicted octanol–water partition coefficient (Wildman–Crippen LogP) is 2.21. The van der Waals surface area contributed by atoms with Crippen molar-refractivity contribution in [2.45, 2.75) is 40.3 Å². The van der Waals surface area contributed by atoms with Crippen LogP contribution in [0, 0.1) is 20.8 Å². The van der Waals surface area contributed by atoms with Crippen LogP contribution in [0.1, 0.15) is 29.3 Å². The number of hydrogen-bond donors (Lipinski definition) is 1. The maximum atomic E-state index is 12.5. The van der Waals surface area contributed by atoms with Crippen molar-refractivity contribution < 1.29 is 13.6 Å². The molecule has 7 nitrogen and oxygen atoms in total. The van der Waals surface area contributed by atoms with Gasteiger partial charge in [0.1, 0.15) is 29.0 Å². The number of fused-ring (bicyclic) bond motifs is 1. The molecule has 24 heavy (non-hydrogen) atoms. The van der Waals surface area contributed by atoms with Gasteiger partial charge in [-0.25, -0.2) is 4.98 Å². The molecule has 7 heteroatoms. The van der Waals surface area contributed by atoms with Crippen molar-refractivity contribution in [2.24, 2.45) is 0 Å². The van der Waals surface area contributed by atoms with E-state index >= 15 is 0 Å². The molecule has 3 rings (SSSR count). The summed E-state index contributed by atoms with van der Waals surface area (Å²) in [7, 11) is 0. The molecule has 3 heterocycles. The summed E-state index contributed by atoms with van der Waals surface area (Å²) in [6, 6.07) is 3.67. The number of nitrogens with zero attached hydrogens (tertiary/aromatic N) is 2. The largest absolute Gasteiger partial charge is 0.465 e. The van der Waals surface area contributed by atoms with Crippen molar-refractivity contribution in [3.63, 3.8) is 0 Å². The normalized spacial score (nSPS) is 11.1. The van der Waals surface area contributed by atoms with Crippen LogP contribution in [0.4, 0.5) is 0 Å². The predicted molar refractivity (Wildman–Crippen MR) is 87.7 cm³/mol. The van der Waals surface area contributed by atoms with Crippen molar-refractivity contribution in [1.82, 2.24) is 14.9 Å². The summed E-state index contributed by atoms with van der Waals surface area (Å²) in [6.45, 7) is 6.06. The van der Waals surface area contributed by atoms with Gasteiger partial charge in [0.25, 0.3) is 5.56 Å². The van der Waals surface area contributed by atoms with E-state index in [1.54, 1.807) is 6.92 Å². The molecule has 0 atom stereocenters. The maximum Gasteiger partial charge on any atom is 0.264 e. The second kappa shape index (κ2) is 6.35. The maximum absolute atomic E-state index is 12.5. The Balaban J connectivity index is 1.65. The number of rotatable bonds is 5. The van der Waals surface area contributed by atoms with Gasteiger partial charge >= 0.3 is 0 Å². The highest BCUT2D eigenvalue weighted by Crippen LogP contribution is 2.19. The number of carbonyl (C=O) groups is 1. The van der Waals surface area contributed by atoms with Gasteiger partial charge in [-0.05, 0) is 32.9 Å². The van der Waals surface area contributed by atoms with Crippen LogP contribution in [-0.2, 0) is 17.9 Å². The van der Waals surface area contributed by atoms with Gasteiger partial charge in [-0.15, -0.1) is 0 Å². The molecule has 0 aromatic carbocycles. The quantitative estimate of drug-likeness (QED) is 0.775. The fourth-order valence-corrected chi connectivity index (χ4v) is 2.51. The van der Waals surface area contributed by atoms with Crippen LogP contribution in [0.25, 0.3) is 11.1 Å². The van der Waals surface area contributed by atoms with E-state index in [2.05, 4.69) is 10.3 Å². The third kappa shape index (κ3) is 3.10. The third-order valence-corrected chi connectivity index (χ3v) is 3.99. The topological polar surface area (TPSA) is 90.3 Å². The molecule has 0 aliphatic carbocycles. The minimum absolute atomic E-state index is 0.156. The molecule has 0 saturated carbocycles. The molecule has 0 bridgehead atoms. The Morgan fingerprint density at radius 3 is 2.75 bits per heavy atom. The minimum Gasteiger partial charge on any atom is -0.465 e. The molecule has 0 saturated heterocycles. The average Bonchev–Trinajstić information content (AvgIpc) is 3.09. The summed E-state index contributed by atoms with van der Waals surface area (Å²) in [4.78, 5) is 28.6. The van der Waals surface area contributed by atoms with Crippen LogP contribution in [0.15, 0.2) is 32.1 Å². The van der Waals surface area contributed by atoms with E-state index in [0.29, 0.717) is 29.2 Å². The van der Waals surface area contributed by atoms with Crippen LogP contribution in [0.5, 0.6) is 0 Å². The molecular formula is C17H19N3O4. The molecule has 0 radical (unpaired) electrons. The van der Waals surface area contributed by atoms with Gasteiger partial charge < -0.3 is 14.2 Å². The number of hydrogen-bond acceptors (Lipinski definition) is 5. The Morgan fingerprint density at radius 1 is 1.25 bits per heavy atom. The number of aryl methyl sites for hydroxylation is 4. The fourth-order valence-electron chi connectivity index (χ4n) is 2.51. The Morgan fingerprint density at radius 2 is 2.04 bits per heavy atom. The number of furan rings is 2. The molecular weight excluding hydrogens is 310 g/mol. The summed E-state index contributed by atoms with van der Waals surface area (Å²) in [6.07, 6.45) is 1.60. The SMILES string of the molecule is Cc1ccc(CNC(=O)CCn2cnc3oc(C)c(C)c3c2=O)o1. The van der Waals surface area contributed by atoms with Crippen molar-refractivity contribution >= 4 is 17.0 Å². The van der Waals surface area contributed by atoms with Gasteiger partial charge in [0.2, 0.25) is 11.6 Å². The zero-order valence-electron chi connectivity index (χ0n) is 13.9. The molecule has 0 spiro atoms. The highest BCUT2D eigenvalue weighted by molar-refractivity contribution is 5.77. The van der Waals surface area contributed by atoms with Crippen LogP contribution in [0.2, 0.25) is 0 Å². The van der Waals surface area contributed by atoms with Gasteiger partial charge in [-0.3, -0.25) is 14.2 Å². The van der Waals surface area contributed by atoms with E-state index in [4.69, 9.17) is 8.83 Å². The molecule has 0 fully saturated rings. The average molecular weight is 329 g/mol. The molecule has 3 aromatic heterocycles. The summed E-state index contributed by atoms with van der Waals surface area (Å²) >= 11 is 0. The lowest BCUT2D eigenvalue weighted by molar-refractivity contribution is -0.121. The van der Waals surface area contributed by atoms with Crippen molar-refractivity contribution in [2.75, 3.05) is 0 Å². The number of carbonyl (C=O) groups excluding carboxylic acids is 1. The molecule has 1 amide bonds. The number of nitrogens with one attached hydrogen (secondary N) is 1. The van der Waals surface area contributed by atoms with Crippen molar-refractivity contribution in [3.05, 3.63) is 51.7 Å². The van der Waals surface area contributed by atoms with Gasteiger partial charge in [0.05, 0.1) is 6.54 Å². The molecule has 0 aliphatic rings. The lowest BCUT2D eigenvalue weighted by Crippen LogP contribution is -2.27. The molecule has 1 N–H and O–H groups in total. The van der Waals surface area contributed by atoms with Crippen molar-refractivity contribution in [3.8, 4) is 0 Å². The number of amides is 1. The van der Waals surface area contributed by atoms with E-state index in [9.17, 15) is 9.59 Å². The second-order valence-electron chi connectivity index (χ2n) is 5.75. The lowest BCUT2D eigenvalue weighted by atomic mass is 10.2. The highest BCUT2D eigenvalue weighted by atomic mass is 16.3. The number of aromatic nitrogens is 2. The zero-order chi connectivity index (χ0) is 17.3. The van der Waals surface area contributed by atoms with Crippen LogP contribution >= 0.6 is 0 Å². The van der Waals surface area contributed by atoms with E-state index in [1.807, 2.05) is 26.0 Å². The van der Waals surface area contributed by atoms with E-state index < -0.39 is 0 Å². The van der Waals surface area contributed by atoms with E-state index in [1.165, 1.54) is 10.9 Å². The van der Waals surface area contributed by atoms with Crippen molar-refractivity contribution in [1.29, 1.82) is 0 Å². The lowest BCUT2D eigenvalue weighted by Gasteiger charge is -2.06. The Labute approximate surface area is 138 Å². The fraction of sp³-hybridized carbons (Fsp3) is 0.353. The first-order valence-corrected chi connectivity index (χ1v) is 7.73. The van der Waals surface area contributed by atoms with E-state index in [0.717, 1.165) is 11.3 Å². The monoisotopic (exact) mass is 329 g/mol. The molecule has 3 aromatic rings. The first-order chi connectivity index (χ1) is 11.5. The Kier molecular flexibility index (Phi) is 4.24. The minimum atomic E-state index is -0.191. The summed E-state index contributed by atoms with van der Waals surface area (Å²) in [5, 5.41) is 3.24. The molecule has 0 unspecified atom stereocenters. The molecule has 126 valence electrons. The first kappa shape index (κ1) is 16.0. The van der Waals surface area contributed by atoms with Gasteiger partial charge in [0.15, 0.2) is 0 Å². The summed E-state index contributed by atoms with van der Waals surface area (Å²) in [5.41, 5.74) is 0.933. The van der Waals surface area contributed by atoms with E-state index in [-0.39, 0.29) is 24.4 Å². The third-order valence-electron chi connectivity index (χ3n) is 3.99. The van der Waals surface area contributed by atoms with Crippen LogP contribution < -0.4 is 10.9 Å². The van der Waals surface area contributed by atoms with Gasteiger partial charge in [-0.1, -0.05) is 0 Å². The Bertz CT molecular complexity index is 949. The van der Waals surface area contributed by atoms with Crippen LogP contribution in [-0.4, -0.2) is 15.5 Å². The highest BCUT2D eigenvalue weighted by Gasteiger charge is 2.14. The zero-order valence-corrected chi connectivity index (χ0v) is 13.9. The second-order valence-corrected chi connectivity index (χ2v) is 5.75. The smallest absolute Gasteiger partial charge is 0.264 e.